The second kappa shape index (κ2) is 5.09. The van der Waals surface area contributed by atoms with Crippen LogP contribution < -0.4 is 0 Å². The summed E-state index contributed by atoms with van der Waals surface area (Å²) in [7, 11) is 0. The Labute approximate surface area is 121 Å². The molecule has 0 unspecified atom stereocenters. The molecule has 21 heavy (non-hydrogen) atoms. The van der Waals surface area contributed by atoms with Gasteiger partial charge < -0.3 is 0 Å². The van der Waals surface area contributed by atoms with Gasteiger partial charge in [0, 0.05) is 23.7 Å². The van der Waals surface area contributed by atoms with Crippen molar-refractivity contribution < 1.29 is 13.2 Å². The molecule has 2 rings (SSSR count). The van der Waals surface area contributed by atoms with E-state index < -0.39 is 11.9 Å². The Bertz CT molecular complexity index is 641. The predicted octanol–water partition coefficient (Wildman–Crippen LogP) is 4.16. The first-order valence-electron chi connectivity index (χ1n) is 6.46. The Kier molecular flexibility index (Phi) is 3.74. The molecular weight excluding hydrogens is 279 g/mol. The van der Waals surface area contributed by atoms with Crippen molar-refractivity contribution in [1.29, 1.82) is 0 Å². The summed E-state index contributed by atoms with van der Waals surface area (Å²) in [6.07, 6.45) is -1.19. The van der Waals surface area contributed by atoms with E-state index in [0.717, 1.165) is 11.6 Å². The molecule has 0 aromatic carbocycles. The smallest absolute Gasteiger partial charge is 0.249 e. The summed E-state index contributed by atoms with van der Waals surface area (Å²) in [5.41, 5.74) is 0.483. The SMILES string of the molecule is Cc1cc(-c2ncc(C(C)(C)C)cn2)cc(C(F)(F)F)n1. The molecule has 0 bridgehead atoms. The molecule has 112 valence electrons. The Morgan fingerprint density at radius 2 is 1.52 bits per heavy atom. The minimum Gasteiger partial charge on any atom is -0.249 e. The van der Waals surface area contributed by atoms with Gasteiger partial charge in [0.05, 0.1) is 0 Å². The molecule has 0 aliphatic carbocycles. The molecule has 3 nitrogen and oxygen atoms in total. The van der Waals surface area contributed by atoms with Gasteiger partial charge in [0.1, 0.15) is 5.69 Å². The second-order valence-electron chi connectivity index (χ2n) is 5.93. The van der Waals surface area contributed by atoms with Crippen molar-refractivity contribution in [2.75, 3.05) is 0 Å². The summed E-state index contributed by atoms with van der Waals surface area (Å²) in [5, 5.41) is 0. The molecule has 0 radical (unpaired) electrons. The monoisotopic (exact) mass is 295 g/mol. The van der Waals surface area contributed by atoms with Gasteiger partial charge in [-0.3, -0.25) is 0 Å². The molecule has 0 aliphatic rings. The van der Waals surface area contributed by atoms with Gasteiger partial charge in [-0.05, 0) is 30.0 Å². The molecule has 0 saturated carbocycles. The van der Waals surface area contributed by atoms with Crippen LogP contribution in [0, 0.1) is 6.92 Å². The second-order valence-corrected chi connectivity index (χ2v) is 5.93. The maximum atomic E-state index is 12.8. The van der Waals surface area contributed by atoms with Crippen LogP contribution in [-0.2, 0) is 11.6 Å². The standard InChI is InChI=1S/C15H16F3N3/c1-9-5-10(6-12(21-9)15(16,17)18)13-19-7-11(8-20-13)14(2,3)4/h5-8H,1-4H3. The molecule has 0 aliphatic heterocycles. The lowest BCUT2D eigenvalue weighted by atomic mass is 9.89. The number of rotatable bonds is 1. The van der Waals surface area contributed by atoms with Crippen LogP contribution in [0.3, 0.4) is 0 Å². The van der Waals surface area contributed by atoms with Gasteiger partial charge in [-0.25, -0.2) is 15.0 Å². The Hall–Kier alpha value is -1.98. The first-order chi connectivity index (χ1) is 9.57. The number of hydrogen-bond acceptors (Lipinski definition) is 3. The third-order valence-electron chi connectivity index (χ3n) is 3.02. The first kappa shape index (κ1) is 15.4. The lowest BCUT2D eigenvalue weighted by Gasteiger charge is -2.17. The summed E-state index contributed by atoms with van der Waals surface area (Å²) in [6.45, 7) is 7.57. The predicted molar refractivity (Wildman–Crippen MR) is 73.7 cm³/mol. The van der Waals surface area contributed by atoms with Crippen LogP contribution in [0.15, 0.2) is 24.5 Å². The fraction of sp³-hybridized carbons (Fsp3) is 0.400. The van der Waals surface area contributed by atoms with Gasteiger partial charge in [0.25, 0.3) is 0 Å². The maximum absolute atomic E-state index is 12.8. The van der Waals surface area contributed by atoms with Crippen LogP contribution >= 0.6 is 0 Å². The molecule has 0 saturated heterocycles. The number of halogens is 3. The summed E-state index contributed by atoms with van der Waals surface area (Å²) in [5.74, 6) is 0.263. The minimum atomic E-state index is -4.48. The van der Waals surface area contributed by atoms with E-state index in [0.29, 0.717) is 5.56 Å². The van der Waals surface area contributed by atoms with E-state index in [1.54, 1.807) is 18.5 Å². The van der Waals surface area contributed by atoms with Crippen LogP contribution in [0.5, 0.6) is 0 Å². The fourth-order valence-corrected chi connectivity index (χ4v) is 1.81. The lowest BCUT2D eigenvalue weighted by molar-refractivity contribution is -0.141. The summed E-state index contributed by atoms with van der Waals surface area (Å²) >= 11 is 0. The van der Waals surface area contributed by atoms with Crippen LogP contribution in [0.1, 0.15) is 37.7 Å². The van der Waals surface area contributed by atoms with Gasteiger partial charge in [0.15, 0.2) is 5.82 Å². The fourth-order valence-electron chi connectivity index (χ4n) is 1.81. The van der Waals surface area contributed by atoms with E-state index >= 15 is 0 Å². The van der Waals surface area contributed by atoms with E-state index in [1.165, 1.54) is 6.92 Å². The van der Waals surface area contributed by atoms with E-state index in [-0.39, 0.29) is 16.9 Å². The first-order valence-corrected chi connectivity index (χ1v) is 6.46. The highest BCUT2D eigenvalue weighted by Gasteiger charge is 2.33. The molecule has 6 heteroatoms. The van der Waals surface area contributed by atoms with Gasteiger partial charge in [0.2, 0.25) is 0 Å². The number of aryl methyl sites for hydroxylation is 1. The third kappa shape index (κ3) is 3.56. The largest absolute Gasteiger partial charge is 0.433 e. The highest BCUT2D eigenvalue weighted by molar-refractivity contribution is 5.56. The highest BCUT2D eigenvalue weighted by atomic mass is 19.4. The average Bonchev–Trinajstić information content (AvgIpc) is 2.36. The quantitative estimate of drug-likeness (QED) is 0.792. The van der Waals surface area contributed by atoms with E-state index in [1.807, 2.05) is 20.8 Å². The van der Waals surface area contributed by atoms with Gasteiger partial charge >= 0.3 is 6.18 Å². The Balaban J connectivity index is 2.45. The van der Waals surface area contributed by atoms with Crippen molar-refractivity contribution in [2.45, 2.75) is 39.3 Å². The summed E-state index contributed by atoms with van der Waals surface area (Å²) < 4.78 is 38.3. The molecule has 0 spiro atoms. The highest BCUT2D eigenvalue weighted by Crippen LogP contribution is 2.30. The third-order valence-corrected chi connectivity index (χ3v) is 3.02. The molecule has 0 atom stereocenters. The maximum Gasteiger partial charge on any atom is 0.433 e. The van der Waals surface area contributed by atoms with Gasteiger partial charge in [-0.2, -0.15) is 13.2 Å². The van der Waals surface area contributed by atoms with E-state index in [4.69, 9.17) is 0 Å². The molecular formula is C15H16F3N3. The Morgan fingerprint density at radius 1 is 0.952 bits per heavy atom. The van der Waals surface area contributed by atoms with Crippen molar-refractivity contribution in [3.05, 3.63) is 41.5 Å². The normalized spacial score (nSPS) is 12.5. The topological polar surface area (TPSA) is 38.7 Å². The van der Waals surface area contributed by atoms with Crippen LogP contribution in [0.4, 0.5) is 13.2 Å². The van der Waals surface area contributed by atoms with Crippen LogP contribution in [-0.4, -0.2) is 15.0 Å². The van der Waals surface area contributed by atoms with Crippen LogP contribution in [0.25, 0.3) is 11.4 Å². The number of hydrogen-bond donors (Lipinski definition) is 0. The molecule has 2 heterocycles. The summed E-state index contributed by atoms with van der Waals surface area (Å²) in [6, 6.07) is 2.51. The number of aromatic nitrogens is 3. The lowest BCUT2D eigenvalue weighted by Crippen LogP contribution is -2.12. The molecule has 0 fully saturated rings. The van der Waals surface area contributed by atoms with Crippen molar-refractivity contribution in [2.24, 2.45) is 0 Å². The van der Waals surface area contributed by atoms with Crippen molar-refractivity contribution in [3.63, 3.8) is 0 Å². The molecule has 2 aromatic heterocycles. The Morgan fingerprint density at radius 3 is 2.00 bits per heavy atom. The molecule has 2 aromatic rings. The zero-order valence-electron chi connectivity index (χ0n) is 12.3. The van der Waals surface area contributed by atoms with E-state index in [9.17, 15) is 13.2 Å². The number of nitrogens with zero attached hydrogens (tertiary/aromatic N) is 3. The van der Waals surface area contributed by atoms with Crippen molar-refractivity contribution in [3.8, 4) is 11.4 Å². The van der Waals surface area contributed by atoms with Crippen LogP contribution in [0.2, 0.25) is 0 Å². The number of pyridine rings is 1. The van der Waals surface area contributed by atoms with Crippen molar-refractivity contribution >= 4 is 0 Å². The van der Waals surface area contributed by atoms with E-state index in [2.05, 4.69) is 15.0 Å². The summed E-state index contributed by atoms with van der Waals surface area (Å²) in [4.78, 5) is 11.9. The number of alkyl halides is 3. The minimum absolute atomic E-state index is 0.107. The zero-order chi connectivity index (χ0) is 15.8. The molecule has 0 N–H and O–H groups in total. The van der Waals surface area contributed by atoms with Crippen molar-refractivity contribution in [1.82, 2.24) is 15.0 Å². The zero-order valence-corrected chi connectivity index (χ0v) is 12.3. The van der Waals surface area contributed by atoms with Gasteiger partial charge in [-0.1, -0.05) is 20.8 Å². The molecule has 0 amide bonds. The van der Waals surface area contributed by atoms with Gasteiger partial charge in [-0.15, -0.1) is 0 Å². The average molecular weight is 295 g/mol.